The summed E-state index contributed by atoms with van der Waals surface area (Å²) in [6.07, 6.45) is 2.53. The molecule has 0 aliphatic heterocycles. The molecule has 2 aromatic carbocycles. The molecule has 0 saturated carbocycles. The van der Waals surface area contributed by atoms with Crippen LogP contribution in [0.2, 0.25) is 0 Å². The molecule has 1 aliphatic carbocycles. The Morgan fingerprint density at radius 1 is 1.17 bits per heavy atom. The Bertz CT molecular complexity index is 836. The van der Waals surface area contributed by atoms with Crippen molar-refractivity contribution in [2.24, 2.45) is 0 Å². The van der Waals surface area contributed by atoms with E-state index in [9.17, 15) is 5.11 Å². The first-order valence-corrected chi connectivity index (χ1v) is 8.19. The van der Waals surface area contributed by atoms with Crippen molar-refractivity contribution in [3.05, 3.63) is 65.4 Å². The van der Waals surface area contributed by atoms with Gasteiger partial charge in [-0.2, -0.15) is 0 Å². The van der Waals surface area contributed by atoms with Gasteiger partial charge in [-0.3, -0.25) is 0 Å². The fourth-order valence-electron chi connectivity index (χ4n) is 3.74. The zero-order chi connectivity index (χ0) is 15.8. The van der Waals surface area contributed by atoms with Crippen LogP contribution in [0.4, 0.5) is 0 Å². The number of aliphatic hydroxyl groups is 1. The van der Waals surface area contributed by atoms with Crippen molar-refractivity contribution in [2.45, 2.75) is 31.9 Å². The molecule has 3 heteroatoms. The van der Waals surface area contributed by atoms with Crippen molar-refractivity contribution in [3.8, 4) is 5.75 Å². The third-order valence-electron chi connectivity index (χ3n) is 4.82. The number of aryl methyl sites for hydroxylation is 1. The Hall–Kier alpha value is -2.26. The summed E-state index contributed by atoms with van der Waals surface area (Å²) in [4.78, 5) is 0. The van der Waals surface area contributed by atoms with Crippen molar-refractivity contribution in [1.82, 2.24) is 4.57 Å². The van der Waals surface area contributed by atoms with Crippen LogP contribution in [0.1, 0.15) is 35.8 Å². The Balaban J connectivity index is 1.93. The molecule has 1 heterocycles. The van der Waals surface area contributed by atoms with Crippen LogP contribution < -0.4 is 4.74 Å². The molecule has 1 N–H and O–H groups in total. The lowest BCUT2D eigenvalue weighted by atomic mass is 9.93. The van der Waals surface area contributed by atoms with E-state index in [2.05, 4.69) is 41.0 Å². The first-order chi connectivity index (χ1) is 11.3. The molecule has 0 fully saturated rings. The minimum Gasteiger partial charge on any atom is -0.497 e. The van der Waals surface area contributed by atoms with E-state index in [-0.39, 0.29) is 6.10 Å². The third kappa shape index (κ3) is 2.41. The van der Waals surface area contributed by atoms with Gasteiger partial charge in [0.05, 0.1) is 18.9 Å². The third-order valence-corrected chi connectivity index (χ3v) is 4.82. The molecule has 1 atom stereocenters. The molecule has 4 rings (SSSR count). The number of fused-ring (bicyclic) bond motifs is 3. The smallest absolute Gasteiger partial charge is 0.119 e. The highest BCUT2D eigenvalue weighted by molar-refractivity contribution is 5.87. The summed E-state index contributed by atoms with van der Waals surface area (Å²) in [6.45, 7) is 0.788. The normalized spacial score (nSPS) is 17.2. The Morgan fingerprint density at radius 2 is 2.00 bits per heavy atom. The first kappa shape index (κ1) is 14.3. The fourth-order valence-corrected chi connectivity index (χ4v) is 3.74. The van der Waals surface area contributed by atoms with Crippen LogP contribution in [0.25, 0.3) is 10.9 Å². The quantitative estimate of drug-likeness (QED) is 0.791. The van der Waals surface area contributed by atoms with Crippen LogP contribution in [0.5, 0.6) is 5.75 Å². The number of nitrogens with zero attached hydrogens (tertiary/aromatic N) is 1. The van der Waals surface area contributed by atoms with E-state index in [1.54, 1.807) is 7.11 Å². The molecule has 0 spiro atoms. The molecule has 0 amide bonds. The number of methoxy groups -OCH3 is 1. The van der Waals surface area contributed by atoms with Crippen molar-refractivity contribution in [1.29, 1.82) is 0 Å². The van der Waals surface area contributed by atoms with Gasteiger partial charge in [0.15, 0.2) is 0 Å². The SMILES string of the molecule is COc1ccc2c(c1)c1c(n2Cc2ccccc2)[C@@H](O)CCC1. The summed E-state index contributed by atoms with van der Waals surface area (Å²) in [6, 6.07) is 16.7. The van der Waals surface area contributed by atoms with E-state index in [4.69, 9.17) is 4.74 Å². The first-order valence-electron chi connectivity index (χ1n) is 8.19. The lowest BCUT2D eigenvalue weighted by Gasteiger charge is -2.21. The summed E-state index contributed by atoms with van der Waals surface area (Å²) < 4.78 is 7.68. The summed E-state index contributed by atoms with van der Waals surface area (Å²) in [5, 5.41) is 11.8. The zero-order valence-corrected chi connectivity index (χ0v) is 13.3. The fraction of sp³-hybridized carbons (Fsp3) is 0.300. The van der Waals surface area contributed by atoms with E-state index in [1.807, 2.05) is 12.1 Å². The molecule has 0 unspecified atom stereocenters. The van der Waals surface area contributed by atoms with Crippen molar-refractivity contribution in [3.63, 3.8) is 0 Å². The van der Waals surface area contributed by atoms with Crippen LogP contribution >= 0.6 is 0 Å². The van der Waals surface area contributed by atoms with Gasteiger partial charge in [0.2, 0.25) is 0 Å². The van der Waals surface area contributed by atoms with Gasteiger partial charge in [-0.05, 0) is 48.6 Å². The van der Waals surface area contributed by atoms with Crippen molar-refractivity contribution in [2.75, 3.05) is 7.11 Å². The topological polar surface area (TPSA) is 34.4 Å². The Kier molecular flexibility index (Phi) is 3.58. The van der Waals surface area contributed by atoms with Crippen LogP contribution in [0, 0.1) is 0 Å². The van der Waals surface area contributed by atoms with Crippen molar-refractivity contribution >= 4 is 10.9 Å². The molecule has 1 aliphatic rings. The van der Waals surface area contributed by atoms with Gasteiger partial charge in [0.1, 0.15) is 5.75 Å². The van der Waals surface area contributed by atoms with Gasteiger partial charge >= 0.3 is 0 Å². The largest absolute Gasteiger partial charge is 0.497 e. The molecule has 3 aromatic rings. The average molecular weight is 307 g/mol. The van der Waals surface area contributed by atoms with Crippen molar-refractivity contribution < 1.29 is 9.84 Å². The number of aromatic nitrogens is 1. The van der Waals surface area contributed by atoms with Crippen LogP contribution in [0.15, 0.2) is 48.5 Å². The van der Waals surface area contributed by atoms with Gasteiger partial charge < -0.3 is 14.4 Å². The zero-order valence-electron chi connectivity index (χ0n) is 13.3. The number of rotatable bonds is 3. The number of hydrogen-bond donors (Lipinski definition) is 1. The van der Waals surface area contributed by atoms with E-state index >= 15 is 0 Å². The molecule has 3 nitrogen and oxygen atoms in total. The molecule has 0 saturated heterocycles. The second-order valence-corrected chi connectivity index (χ2v) is 6.23. The van der Waals surface area contributed by atoms with E-state index in [0.29, 0.717) is 0 Å². The number of hydrogen-bond acceptors (Lipinski definition) is 2. The lowest BCUT2D eigenvalue weighted by Crippen LogP contribution is -2.14. The average Bonchev–Trinajstić information content (AvgIpc) is 2.90. The Morgan fingerprint density at radius 3 is 2.78 bits per heavy atom. The molecule has 0 bridgehead atoms. The molecule has 118 valence electrons. The lowest BCUT2D eigenvalue weighted by molar-refractivity contribution is 0.148. The minimum atomic E-state index is -0.374. The van der Waals surface area contributed by atoms with Crippen LogP contribution in [-0.2, 0) is 13.0 Å². The highest BCUT2D eigenvalue weighted by atomic mass is 16.5. The van der Waals surface area contributed by atoms with Gasteiger partial charge in [0, 0.05) is 17.4 Å². The molecular formula is C20H21NO2. The highest BCUT2D eigenvalue weighted by Gasteiger charge is 2.26. The molecule has 1 aromatic heterocycles. The number of benzene rings is 2. The second-order valence-electron chi connectivity index (χ2n) is 6.23. The number of aliphatic hydroxyl groups excluding tert-OH is 1. The monoisotopic (exact) mass is 307 g/mol. The summed E-state index contributed by atoms with van der Waals surface area (Å²) in [5.74, 6) is 0.872. The second kappa shape index (κ2) is 5.74. The summed E-state index contributed by atoms with van der Waals surface area (Å²) in [7, 11) is 1.70. The van der Waals surface area contributed by atoms with Gasteiger partial charge in [-0.15, -0.1) is 0 Å². The summed E-state index contributed by atoms with van der Waals surface area (Å²) in [5.41, 5.74) is 4.80. The maximum atomic E-state index is 10.6. The standard InChI is InChI=1S/C20H21NO2/c1-23-15-10-11-18-17(12-15)16-8-5-9-19(22)20(16)21(18)13-14-6-3-2-4-7-14/h2-4,6-7,10-12,19,22H,5,8-9,13H2,1H3/t19-/m0/s1. The van der Waals surface area contributed by atoms with Crippen LogP contribution in [0.3, 0.4) is 0 Å². The van der Waals surface area contributed by atoms with Crippen LogP contribution in [-0.4, -0.2) is 16.8 Å². The van der Waals surface area contributed by atoms with Gasteiger partial charge in [-0.1, -0.05) is 30.3 Å². The van der Waals surface area contributed by atoms with Gasteiger partial charge in [-0.25, -0.2) is 0 Å². The highest BCUT2D eigenvalue weighted by Crippen LogP contribution is 2.39. The van der Waals surface area contributed by atoms with E-state index < -0.39 is 0 Å². The molecular weight excluding hydrogens is 286 g/mol. The van der Waals surface area contributed by atoms with E-state index in [1.165, 1.54) is 22.0 Å². The number of ether oxygens (including phenoxy) is 1. The predicted octanol–water partition coefficient (Wildman–Crippen LogP) is 4.07. The predicted molar refractivity (Wildman–Crippen MR) is 91.9 cm³/mol. The Labute approximate surface area is 136 Å². The maximum Gasteiger partial charge on any atom is 0.119 e. The molecule has 23 heavy (non-hydrogen) atoms. The minimum absolute atomic E-state index is 0.374. The van der Waals surface area contributed by atoms with E-state index in [0.717, 1.165) is 37.3 Å². The summed E-state index contributed by atoms with van der Waals surface area (Å²) >= 11 is 0. The molecule has 0 radical (unpaired) electrons. The van der Waals surface area contributed by atoms with Gasteiger partial charge in [0.25, 0.3) is 0 Å². The maximum absolute atomic E-state index is 10.6.